The lowest BCUT2D eigenvalue weighted by Gasteiger charge is -2.28. The molecule has 31 heavy (non-hydrogen) atoms. The number of carboxylic acid groups (broad SMARTS) is 1. The molecule has 1 aliphatic heterocycles. The molecule has 1 aliphatic carbocycles. The summed E-state index contributed by atoms with van der Waals surface area (Å²) in [5.41, 5.74) is 1.75. The van der Waals surface area contributed by atoms with E-state index >= 15 is 0 Å². The first-order valence-electron chi connectivity index (χ1n) is 10.4. The summed E-state index contributed by atoms with van der Waals surface area (Å²) in [6.07, 6.45) is 7.44. The zero-order valence-corrected chi connectivity index (χ0v) is 16.9. The quantitative estimate of drug-likeness (QED) is 0.573. The Morgan fingerprint density at radius 3 is 2.74 bits per heavy atom. The van der Waals surface area contributed by atoms with Crippen LogP contribution in [-0.4, -0.2) is 56.1 Å². The number of fused-ring (bicyclic) bond motifs is 1. The van der Waals surface area contributed by atoms with E-state index in [1.165, 1.54) is 0 Å². The van der Waals surface area contributed by atoms with Gasteiger partial charge < -0.3 is 25.2 Å². The largest absolute Gasteiger partial charge is 0.477 e. The van der Waals surface area contributed by atoms with Gasteiger partial charge in [0, 0.05) is 30.7 Å². The van der Waals surface area contributed by atoms with Crippen molar-refractivity contribution in [1.82, 2.24) is 24.8 Å². The molecule has 0 unspecified atom stereocenters. The van der Waals surface area contributed by atoms with Gasteiger partial charge in [-0.1, -0.05) is 12.8 Å². The molecule has 3 aromatic heterocycles. The number of carbonyl (C=O) groups is 2. The Balaban J connectivity index is 1.41. The fourth-order valence-electron chi connectivity index (χ4n) is 4.39. The molecule has 10 heteroatoms. The molecular formula is C21H23N7O3. The molecule has 4 heterocycles. The van der Waals surface area contributed by atoms with Crippen molar-refractivity contribution in [3.8, 4) is 0 Å². The molecule has 3 N–H and O–H groups in total. The lowest BCUT2D eigenvalue weighted by molar-refractivity contribution is -0.120. The van der Waals surface area contributed by atoms with Crippen molar-refractivity contribution in [3.05, 3.63) is 36.3 Å². The van der Waals surface area contributed by atoms with Crippen molar-refractivity contribution in [2.45, 2.75) is 31.7 Å². The molecule has 0 radical (unpaired) electrons. The minimum absolute atomic E-state index is 0.00106. The van der Waals surface area contributed by atoms with Crippen LogP contribution in [0, 0.1) is 0 Å². The molecule has 1 saturated heterocycles. The van der Waals surface area contributed by atoms with Gasteiger partial charge in [-0.3, -0.25) is 4.79 Å². The van der Waals surface area contributed by atoms with Crippen molar-refractivity contribution in [2.75, 3.05) is 29.9 Å². The molecule has 0 aromatic carbocycles. The summed E-state index contributed by atoms with van der Waals surface area (Å²) in [6, 6.07) is 5.50. The number of aromatic nitrogens is 4. The standard InChI is InChI=1S/C21H23N7O3/c29-18-12-27(8-7-22-18)15-5-6-17(23-11-15)25-21-24-10-13-9-16(20(30)31)28(19(13)26-21)14-3-1-2-4-14/h5-6,9-11,14H,1-4,7-8,12H2,(H,22,29)(H,30,31)(H,23,24,25,26). The summed E-state index contributed by atoms with van der Waals surface area (Å²) in [5, 5.41) is 16.3. The van der Waals surface area contributed by atoms with E-state index in [2.05, 4.69) is 25.6 Å². The average molecular weight is 421 g/mol. The average Bonchev–Trinajstić information content (AvgIpc) is 3.41. The number of amides is 1. The highest BCUT2D eigenvalue weighted by Gasteiger charge is 2.25. The van der Waals surface area contributed by atoms with Crippen LogP contribution in [0.25, 0.3) is 11.0 Å². The summed E-state index contributed by atoms with van der Waals surface area (Å²) in [6.45, 7) is 1.67. The molecule has 5 rings (SSSR count). The Kier molecular flexibility index (Phi) is 4.89. The maximum absolute atomic E-state index is 11.8. The Labute approximate surface area is 178 Å². The van der Waals surface area contributed by atoms with Gasteiger partial charge in [-0.2, -0.15) is 4.98 Å². The van der Waals surface area contributed by atoms with Gasteiger partial charge in [0.25, 0.3) is 0 Å². The fourth-order valence-corrected chi connectivity index (χ4v) is 4.39. The zero-order chi connectivity index (χ0) is 21.4. The zero-order valence-electron chi connectivity index (χ0n) is 16.9. The highest BCUT2D eigenvalue weighted by Crippen LogP contribution is 2.34. The Bertz CT molecular complexity index is 1140. The van der Waals surface area contributed by atoms with Gasteiger partial charge in [-0.05, 0) is 31.0 Å². The summed E-state index contributed by atoms with van der Waals surface area (Å²) in [4.78, 5) is 38.7. The molecule has 2 aliphatic rings. The highest BCUT2D eigenvalue weighted by atomic mass is 16.4. The number of nitrogens with one attached hydrogen (secondary N) is 2. The summed E-state index contributed by atoms with van der Waals surface area (Å²) in [7, 11) is 0. The predicted molar refractivity (Wildman–Crippen MR) is 115 cm³/mol. The van der Waals surface area contributed by atoms with Crippen LogP contribution in [0.15, 0.2) is 30.6 Å². The third kappa shape index (κ3) is 3.76. The van der Waals surface area contributed by atoms with Crippen molar-refractivity contribution >= 4 is 40.4 Å². The Hall–Kier alpha value is -3.69. The maximum Gasteiger partial charge on any atom is 0.352 e. The van der Waals surface area contributed by atoms with E-state index in [4.69, 9.17) is 0 Å². The Morgan fingerprint density at radius 2 is 2.03 bits per heavy atom. The van der Waals surface area contributed by atoms with Crippen molar-refractivity contribution < 1.29 is 14.7 Å². The van der Waals surface area contributed by atoms with E-state index in [0.717, 1.165) is 37.9 Å². The number of hydrogen-bond acceptors (Lipinski definition) is 7. The van der Waals surface area contributed by atoms with Crippen molar-refractivity contribution in [2.24, 2.45) is 0 Å². The Morgan fingerprint density at radius 1 is 1.19 bits per heavy atom. The smallest absolute Gasteiger partial charge is 0.352 e. The van der Waals surface area contributed by atoms with Crippen molar-refractivity contribution in [1.29, 1.82) is 0 Å². The summed E-state index contributed by atoms with van der Waals surface area (Å²) in [5.74, 6) is -0.0226. The van der Waals surface area contributed by atoms with E-state index < -0.39 is 5.97 Å². The molecule has 3 aromatic rings. The van der Waals surface area contributed by atoms with Crippen LogP contribution in [0.5, 0.6) is 0 Å². The summed E-state index contributed by atoms with van der Waals surface area (Å²) < 4.78 is 1.84. The lowest BCUT2D eigenvalue weighted by Crippen LogP contribution is -2.47. The number of piperazine rings is 1. The topological polar surface area (TPSA) is 125 Å². The molecule has 0 bridgehead atoms. The second kappa shape index (κ2) is 7.86. The summed E-state index contributed by atoms with van der Waals surface area (Å²) >= 11 is 0. The SMILES string of the molecule is O=C1CN(c2ccc(Nc3ncc4cc(C(=O)O)n(C5CCCC5)c4n3)nc2)CCN1. The molecular weight excluding hydrogens is 398 g/mol. The predicted octanol–water partition coefficient (Wildman–Crippen LogP) is 2.32. The third-order valence-corrected chi connectivity index (χ3v) is 5.88. The van der Waals surface area contributed by atoms with Gasteiger partial charge in [-0.15, -0.1) is 0 Å². The van der Waals surface area contributed by atoms with Crippen LogP contribution in [0.1, 0.15) is 42.2 Å². The molecule has 1 saturated carbocycles. The van der Waals surface area contributed by atoms with Crippen LogP contribution in [-0.2, 0) is 4.79 Å². The normalized spacial score (nSPS) is 17.2. The number of nitrogens with zero attached hydrogens (tertiary/aromatic N) is 5. The number of anilines is 3. The number of rotatable bonds is 5. The highest BCUT2D eigenvalue weighted by molar-refractivity contribution is 5.93. The number of pyridine rings is 1. The van der Waals surface area contributed by atoms with Gasteiger partial charge >= 0.3 is 5.97 Å². The second-order valence-electron chi connectivity index (χ2n) is 7.91. The molecule has 2 fully saturated rings. The van der Waals surface area contributed by atoms with Gasteiger partial charge in [-0.25, -0.2) is 14.8 Å². The van der Waals surface area contributed by atoms with Gasteiger partial charge in [0.05, 0.1) is 18.4 Å². The number of carboxylic acids is 1. The number of carbonyl (C=O) groups excluding carboxylic acids is 1. The third-order valence-electron chi connectivity index (χ3n) is 5.88. The molecule has 160 valence electrons. The van der Waals surface area contributed by atoms with Crippen LogP contribution in [0.2, 0.25) is 0 Å². The van der Waals surface area contributed by atoms with E-state index in [1.807, 2.05) is 21.6 Å². The van der Waals surface area contributed by atoms with Gasteiger partial charge in [0.1, 0.15) is 17.2 Å². The van der Waals surface area contributed by atoms with Crippen LogP contribution in [0.4, 0.5) is 17.5 Å². The molecule has 0 atom stereocenters. The first kappa shape index (κ1) is 19.3. The number of aromatic carboxylic acids is 1. The minimum Gasteiger partial charge on any atom is -0.477 e. The van der Waals surface area contributed by atoms with Crippen molar-refractivity contribution in [3.63, 3.8) is 0 Å². The number of hydrogen-bond donors (Lipinski definition) is 3. The fraction of sp³-hybridized carbons (Fsp3) is 0.381. The van der Waals surface area contributed by atoms with Crippen LogP contribution >= 0.6 is 0 Å². The van der Waals surface area contributed by atoms with Gasteiger partial charge in [0.2, 0.25) is 11.9 Å². The van der Waals surface area contributed by atoms with Gasteiger partial charge in [0.15, 0.2) is 0 Å². The monoisotopic (exact) mass is 421 g/mol. The molecule has 0 spiro atoms. The molecule has 10 nitrogen and oxygen atoms in total. The first-order chi connectivity index (χ1) is 15.1. The lowest BCUT2D eigenvalue weighted by atomic mass is 10.2. The molecule has 1 amide bonds. The van der Waals surface area contributed by atoms with E-state index in [-0.39, 0.29) is 17.6 Å². The maximum atomic E-state index is 11.8. The van der Waals surface area contributed by atoms with E-state index in [0.29, 0.717) is 35.9 Å². The first-order valence-corrected chi connectivity index (χ1v) is 10.4. The van der Waals surface area contributed by atoms with Crippen LogP contribution < -0.4 is 15.5 Å². The minimum atomic E-state index is -0.956. The second-order valence-corrected chi connectivity index (χ2v) is 7.91. The van der Waals surface area contributed by atoms with Crippen LogP contribution in [0.3, 0.4) is 0 Å². The van der Waals surface area contributed by atoms with E-state index in [1.54, 1.807) is 18.5 Å². The van der Waals surface area contributed by atoms with E-state index in [9.17, 15) is 14.7 Å².